The topological polar surface area (TPSA) is 51.5 Å². The van der Waals surface area contributed by atoms with Crippen molar-refractivity contribution >= 4 is 11.9 Å². The minimum absolute atomic E-state index is 0.0110. The van der Waals surface area contributed by atoms with E-state index in [0.717, 1.165) is 22.4 Å². The summed E-state index contributed by atoms with van der Waals surface area (Å²) in [5.74, 6) is -0.578. The van der Waals surface area contributed by atoms with Crippen LogP contribution in [0.1, 0.15) is 52.6 Å². The van der Waals surface area contributed by atoms with Crippen molar-refractivity contribution in [2.75, 3.05) is 19.7 Å². The number of hydrogen-bond donors (Lipinski definition) is 0. The van der Waals surface area contributed by atoms with E-state index in [1.807, 2.05) is 30.2 Å². The summed E-state index contributed by atoms with van der Waals surface area (Å²) < 4.78 is 20.4. The number of carbonyl (C=O) groups excluding carboxylic acids is 2. The molecule has 0 atom stereocenters. The van der Waals surface area contributed by atoms with Gasteiger partial charge in [-0.3, -0.25) is 9.59 Å². The monoisotopic (exact) mass is 400 g/mol. The van der Waals surface area contributed by atoms with Gasteiger partial charge in [-0.05, 0) is 69.4 Å². The smallest absolute Gasteiger partial charge is 0.309 e. The number of likely N-dealkylation sites (tertiary alicyclic amines) is 1. The maximum atomic E-state index is 13.4. The molecule has 2 heterocycles. The van der Waals surface area contributed by atoms with Gasteiger partial charge in [-0.15, -0.1) is 0 Å². The maximum Gasteiger partial charge on any atom is 0.309 e. The van der Waals surface area contributed by atoms with Crippen LogP contribution in [0.2, 0.25) is 0 Å². The van der Waals surface area contributed by atoms with Crippen LogP contribution in [0.4, 0.5) is 4.39 Å². The van der Waals surface area contributed by atoms with Gasteiger partial charge in [0.05, 0.1) is 12.5 Å². The highest BCUT2D eigenvalue weighted by Crippen LogP contribution is 2.26. The van der Waals surface area contributed by atoms with Gasteiger partial charge in [-0.2, -0.15) is 0 Å². The fraction of sp³-hybridized carbons (Fsp3) is 0.478. The van der Waals surface area contributed by atoms with Crippen molar-refractivity contribution in [2.24, 2.45) is 5.92 Å². The molecule has 1 fully saturated rings. The highest BCUT2D eigenvalue weighted by molar-refractivity contribution is 5.95. The molecule has 0 spiro atoms. The lowest BCUT2D eigenvalue weighted by molar-refractivity contribution is -0.149. The molecule has 1 aromatic carbocycles. The van der Waals surface area contributed by atoms with Gasteiger partial charge in [-0.25, -0.2) is 4.39 Å². The predicted octanol–water partition coefficient (Wildman–Crippen LogP) is 4.02. The van der Waals surface area contributed by atoms with E-state index in [9.17, 15) is 14.0 Å². The lowest BCUT2D eigenvalue weighted by Crippen LogP contribution is -2.41. The number of amides is 1. The first-order chi connectivity index (χ1) is 13.8. The van der Waals surface area contributed by atoms with E-state index in [0.29, 0.717) is 44.8 Å². The Morgan fingerprint density at radius 1 is 1.07 bits per heavy atom. The molecule has 6 heteroatoms. The van der Waals surface area contributed by atoms with Crippen molar-refractivity contribution in [1.82, 2.24) is 9.47 Å². The summed E-state index contributed by atoms with van der Waals surface area (Å²) in [4.78, 5) is 27.2. The van der Waals surface area contributed by atoms with Crippen LogP contribution < -0.4 is 0 Å². The van der Waals surface area contributed by atoms with Gasteiger partial charge >= 0.3 is 5.97 Å². The summed E-state index contributed by atoms with van der Waals surface area (Å²) in [6.45, 7) is 9.80. The van der Waals surface area contributed by atoms with E-state index >= 15 is 0 Å². The fourth-order valence-electron chi connectivity index (χ4n) is 4.00. The summed E-state index contributed by atoms with van der Waals surface area (Å²) in [5.41, 5.74) is 4.73. The van der Waals surface area contributed by atoms with Gasteiger partial charge in [-0.1, -0.05) is 12.1 Å². The molecule has 1 aliphatic heterocycles. The molecule has 29 heavy (non-hydrogen) atoms. The van der Waals surface area contributed by atoms with Gasteiger partial charge in [0.2, 0.25) is 0 Å². The standard InChI is InChI=1S/C23H29FN2O3/c1-5-29-23(28)19-10-12-25(13-11-19)22(27)21-16(3)15(2)17(4)26(21)14-18-6-8-20(24)9-7-18/h6-9,19H,5,10-14H2,1-4H3. The minimum Gasteiger partial charge on any atom is -0.466 e. The van der Waals surface area contributed by atoms with E-state index < -0.39 is 0 Å². The lowest BCUT2D eigenvalue weighted by atomic mass is 9.96. The number of ether oxygens (including phenoxy) is 1. The second kappa shape index (κ2) is 8.80. The van der Waals surface area contributed by atoms with Crippen molar-refractivity contribution < 1.29 is 18.7 Å². The molecule has 1 aliphatic rings. The van der Waals surface area contributed by atoms with Crippen LogP contribution in [-0.4, -0.2) is 41.0 Å². The molecule has 1 amide bonds. The number of hydrogen-bond acceptors (Lipinski definition) is 3. The number of rotatable bonds is 5. The Kier molecular flexibility index (Phi) is 6.40. The minimum atomic E-state index is -0.272. The Morgan fingerprint density at radius 2 is 1.69 bits per heavy atom. The average molecular weight is 400 g/mol. The quantitative estimate of drug-likeness (QED) is 0.713. The zero-order valence-electron chi connectivity index (χ0n) is 17.6. The number of esters is 1. The number of benzene rings is 1. The molecular formula is C23H29FN2O3. The third-order valence-corrected chi connectivity index (χ3v) is 5.99. The van der Waals surface area contributed by atoms with Gasteiger partial charge < -0.3 is 14.2 Å². The van der Waals surface area contributed by atoms with Crippen LogP contribution >= 0.6 is 0 Å². The maximum absolute atomic E-state index is 13.4. The molecule has 1 saturated heterocycles. The first kappa shape index (κ1) is 21.1. The zero-order chi connectivity index (χ0) is 21.1. The fourth-order valence-corrected chi connectivity index (χ4v) is 4.00. The first-order valence-corrected chi connectivity index (χ1v) is 10.2. The summed E-state index contributed by atoms with van der Waals surface area (Å²) >= 11 is 0. The van der Waals surface area contributed by atoms with E-state index in [2.05, 4.69) is 0 Å². The van der Waals surface area contributed by atoms with E-state index in [1.165, 1.54) is 12.1 Å². The van der Waals surface area contributed by atoms with Gasteiger partial charge in [0.25, 0.3) is 5.91 Å². The Balaban J connectivity index is 1.81. The Hall–Kier alpha value is -2.63. The third kappa shape index (κ3) is 4.36. The van der Waals surface area contributed by atoms with E-state index in [4.69, 9.17) is 4.74 Å². The van der Waals surface area contributed by atoms with Crippen molar-refractivity contribution in [1.29, 1.82) is 0 Å². The summed E-state index contributed by atoms with van der Waals surface area (Å²) in [6, 6.07) is 6.38. The predicted molar refractivity (Wildman–Crippen MR) is 109 cm³/mol. The Morgan fingerprint density at radius 3 is 2.28 bits per heavy atom. The molecule has 0 saturated carbocycles. The number of carbonyl (C=O) groups is 2. The van der Waals surface area contributed by atoms with Crippen molar-refractivity contribution in [3.63, 3.8) is 0 Å². The SMILES string of the molecule is CCOC(=O)C1CCN(C(=O)c2c(C)c(C)c(C)n2Cc2ccc(F)cc2)CC1. The average Bonchev–Trinajstić information content (AvgIpc) is 2.93. The second-order valence-electron chi connectivity index (χ2n) is 7.72. The number of nitrogens with zero attached hydrogens (tertiary/aromatic N) is 2. The summed E-state index contributed by atoms with van der Waals surface area (Å²) in [7, 11) is 0. The Bertz CT molecular complexity index is 894. The molecule has 156 valence electrons. The highest BCUT2D eigenvalue weighted by Gasteiger charge is 2.31. The Labute approximate surface area is 171 Å². The van der Waals surface area contributed by atoms with Crippen LogP contribution in [0.15, 0.2) is 24.3 Å². The van der Waals surface area contributed by atoms with E-state index in [1.54, 1.807) is 19.1 Å². The van der Waals surface area contributed by atoms with Crippen LogP contribution in [0.5, 0.6) is 0 Å². The lowest BCUT2D eigenvalue weighted by Gasteiger charge is -2.31. The molecular weight excluding hydrogens is 371 g/mol. The van der Waals surface area contributed by atoms with Crippen LogP contribution in [0.3, 0.4) is 0 Å². The van der Waals surface area contributed by atoms with Gasteiger partial charge in [0.1, 0.15) is 11.5 Å². The molecule has 0 unspecified atom stereocenters. The molecule has 0 bridgehead atoms. The first-order valence-electron chi connectivity index (χ1n) is 10.2. The molecule has 3 rings (SSSR count). The number of piperidine rings is 1. The summed E-state index contributed by atoms with van der Waals surface area (Å²) in [6.07, 6.45) is 1.25. The summed E-state index contributed by atoms with van der Waals surface area (Å²) in [5, 5.41) is 0. The molecule has 2 aromatic rings. The van der Waals surface area contributed by atoms with Crippen LogP contribution in [-0.2, 0) is 16.1 Å². The normalized spacial score (nSPS) is 14.9. The molecule has 0 aliphatic carbocycles. The number of halogens is 1. The van der Waals surface area contributed by atoms with Gasteiger partial charge in [0.15, 0.2) is 0 Å². The third-order valence-electron chi connectivity index (χ3n) is 5.99. The van der Waals surface area contributed by atoms with Crippen LogP contribution in [0.25, 0.3) is 0 Å². The van der Waals surface area contributed by atoms with Crippen LogP contribution in [0, 0.1) is 32.5 Å². The largest absolute Gasteiger partial charge is 0.466 e. The molecule has 1 aromatic heterocycles. The molecule has 5 nitrogen and oxygen atoms in total. The van der Waals surface area contributed by atoms with E-state index in [-0.39, 0.29) is 23.6 Å². The molecule has 0 N–H and O–H groups in total. The number of aromatic nitrogens is 1. The second-order valence-corrected chi connectivity index (χ2v) is 7.72. The molecule has 0 radical (unpaired) electrons. The van der Waals surface area contributed by atoms with Crippen molar-refractivity contribution in [3.8, 4) is 0 Å². The highest BCUT2D eigenvalue weighted by atomic mass is 19.1. The zero-order valence-corrected chi connectivity index (χ0v) is 17.6. The van der Waals surface area contributed by atoms with Crippen molar-refractivity contribution in [3.05, 3.63) is 58.2 Å². The van der Waals surface area contributed by atoms with Crippen molar-refractivity contribution in [2.45, 2.75) is 47.1 Å². The van der Waals surface area contributed by atoms with Gasteiger partial charge in [0, 0.05) is 25.3 Å².